The third kappa shape index (κ3) is 10.8. The molecule has 0 fully saturated rings. The minimum Gasteiger partial charge on any atom is -0.494 e. The quantitative estimate of drug-likeness (QED) is 0.217. The Morgan fingerprint density at radius 1 is 0.935 bits per heavy atom. The van der Waals surface area contributed by atoms with Crippen molar-refractivity contribution in [3.63, 3.8) is 0 Å². The van der Waals surface area contributed by atoms with Gasteiger partial charge in [-0.3, -0.25) is 9.59 Å². The maximum Gasteiger partial charge on any atom is 0.240 e. The minimum atomic E-state index is -0.315. The number of rotatable bonds is 13. The van der Waals surface area contributed by atoms with E-state index in [0.717, 1.165) is 28.8 Å². The van der Waals surface area contributed by atoms with Crippen LogP contribution in [0.15, 0.2) is 58.1 Å². The Labute approximate surface area is 192 Å². The van der Waals surface area contributed by atoms with Crippen molar-refractivity contribution in [1.29, 1.82) is 0 Å². The Hall–Kier alpha value is -2.67. The highest BCUT2D eigenvalue weighted by Gasteiger charge is 2.06. The lowest BCUT2D eigenvalue weighted by molar-refractivity contribution is -0.124. The van der Waals surface area contributed by atoms with Crippen LogP contribution in [-0.4, -0.2) is 24.6 Å². The van der Waals surface area contributed by atoms with E-state index >= 15 is 0 Å². The molecule has 31 heavy (non-hydrogen) atoms. The fraction of sp³-hybridized carbons (Fsp3) is 0.375. The maximum atomic E-state index is 11.9. The second-order valence-electron chi connectivity index (χ2n) is 7.18. The summed E-state index contributed by atoms with van der Waals surface area (Å²) in [5.41, 5.74) is 3.98. The van der Waals surface area contributed by atoms with Crippen LogP contribution in [-0.2, 0) is 9.59 Å². The van der Waals surface area contributed by atoms with Gasteiger partial charge in [0.05, 0.1) is 12.8 Å². The zero-order valence-corrected chi connectivity index (χ0v) is 19.5. The number of unbranched alkanes of at least 4 members (excludes halogenated alkanes) is 4. The Morgan fingerprint density at radius 2 is 1.61 bits per heavy atom. The number of anilines is 1. The fourth-order valence-corrected chi connectivity index (χ4v) is 3.03. The number of hydrogen-bond acceptors (Lipinski definition) is 4. The maximum absolute atomic E-state index is 11.9. The molecule has 0 aliphatic carbocycles. The van der Waals surface area contributed by atoms with Crippen LogP contribution in [0.4, 0.5) is 5.69 Å². The first-order chi connectivity index (χ1) is 15.1. The molecule has 2 amide bonds. The van der Waals surface area contributed by atoms with Crippen LogP contribution in [0.1, 0.15) is 57.4 Å². The lowest BCUT2D eigenvalue weighted by Crippen LogP contribution is -2.20. The van der Waals surface area contributed by atoms with Gasteiger partial charge in [0.1, 0.15) is 5.75 Å². The zero-order chi connectivity index (χ0) is 22.3. The second kappa shape index (κ2) is 14.4. The smallest absolute Gasteiger partial charge is 0.240 e. The molecule has 0 bridgehead atoms. The van der Waals surface area contributed by atoms with Gasteiger partial charge in [0.15, 0.2) is 0 Å². The van der Waals surface area contributed by atoms with Gasteiger partial charge in [0.2, 0.25) is 11.8 Å². The van der Waals surface area contributed by atoms with Gasteiger partial charge < -0.3 is 10.1 Å². The van der Waals surface area contributed by atoms with E-state index in [1.165, 1.54) is 25.7 Å². The van der Waals surface area contributed by atoms with Gasteiger partial charge in [-0.1, -0.05) is 48.5 Å². The van der Waals surface area contributed by atoms with Crippen LogP contribution in [0.2, 0.25) is 0 Å². The van der Waals surface area contributed by atoms with E-state index in [1.54, 1.807) is 18.3 Å². The summed E-state index contributed by atoms with van der Waals surface area (Å²) in [7, 11) is 0. The average molecular weight is 488 g/mol. The van der Waals surface area contributed by atoms with Gasteiger partial charge >= 0.3 is 0 Å². The molecule has 7 heteroatoms. The number of ether oxygens (including phenoxy) is 1. The van der Waals surface area contributed by atoms with Gasteiger partial charge in [-0.05, 0) is 60.5 Å². The zero-order valence-electron chi connectivity index (χ0n) is 17.9. The number of carbonyl (C=O) groups excluding carboxylic acids is 2. The molecule has 0 unspecified atom stereocenters. The Kier molecular flexibility index (Phi) is 11.4. The van der Waals surface area contributed by atoms with E-state index in [0.29, 0.717) is 5.69 Å². The molecule has 2 aromatic carbocycles. The fourth-order valence-electron chi connectivity index (χ4n) is 2.76. The molecule has 2 N–H and O–H groups in total. The monoisotopic (exact) mass is 487 g/mol. The summed E-state index contributed by atoms with van der Waals surface area (Å²) in [6.07, 6.45) is 7.76. The molecule has 0 aliphatic heterocycles. The third-order valence-electron chi connectivity index (χ3n) is 4.51. The molecule has 166 valence electrons. The largest absolute Gasteiger partial charge is 0.494 e. The van der Waals surface area contributed by atoms with E-state index in [4.69, 9.17) is 4.74 Å². The van der Waals surface area contributed by atoms with Gasteiger partial charge in [-0.25, -0.2) is 5.43 Å². The van der Waals surface area contributed by atoms with E-state index in [1.807, 2.05) is 36.4 Å². The molecule has 2 rings (SSSR count). The van der Waals surface area contributed by atoms with Crippen LogP contribution in [0.3, 0.4) is 0 Å². The van der Waals surface area contributed by atoms with E-state index in [2.05, 4.69) is 38.7 Å². The van der Waals surface area contributed by atoms with Crippen LogP contribution in [0.5, 0.6) is 5.75 Å². The Balaban J connectivity index is 1.62. The lowest BCUT2D eigenvalue weighted by atomic mass is 10.2. The number of amides is 2. The molecule has 2 aromatic rings. The van der Waals surface area contributed by atoms with Crippen molar-refractivity contribution in [3.05, 3.63) is 58.6 Å². The normalized spacial score (nSPS) is 10.8. The summed E-state index contributed by atoms with van der Waals surface area (Å²) in [4.78, 5) is 23.8. The molecule has 0 atom stereocenters. The lowest BCUT2D eigenvalue weighted by Gasteiger charge is -2.06. The summed E-state index contributed by atoms with van der Waals surface area (Å²) in [6, 6.07) is 14.8. The van der Waals surface area contributed by atoms with Gasteiger partial charge in [-0.15, -0.1) is 0 Å². The molecule has 0 saturated heterocycles. The van der Waals surface area contributed by atoms with Crippen molar-refractivity contribution < 1.29 is 14.3 Å². The van der Waals surface area contributed by atoms with Crippen LogP contribution >= 0.6 is 15.9 Å². The molecule has 0 radical (unpaired) electrons. The number of nitrogens with zero attached hydrogens (tertiary/aromatic N) is 1. The van der Waals surface area contributed by atoms with Crippen LogP contribution < -0.4 is 15.5 Å². The number of carbonyl (C=O) groups is 2. The first-order valence-corrected chi connectivity index (χ1v) is 11.5. The first kappa shape index (κ1) is 24.6. The third-order valence-corrected chi connectivity index (χ3v) is 5.04. The summed E-state index contributed by atoms with van der Waals surface area (Å²) in [5.74, 6) is 0.293. The number of benzene rings is 2. The predicted molar refractivity (Wildman–Crippen MR) is 128 cm³/mol. The highest BCUT2D eigenvalue weighted by Crippen LogP contribution is 2.14. The van der Waals surface area contributed by atoms with Crippen molar-refractivity contribution in [2.45, 2.75) is 51.9 Å². The minimum absolute atomic E-state index is 0.0603. The SMILES string of the molecule is CCCCCCCOc1ccc(/C=N\NC(=O)CCC(=O)Nc2ccc(Br)cc2)cc1. The van der Waals surface area contributed by atoms with E-state index in [9.17, 15) is 9.59 Å². The summed E-state index contributed by atoms with van der Waals surface area (Å²) in [5, 5.41) is 6.69. The molecule has 0 saturated carbocycles. The standard InChI is InChI=1S/C24H30BrN3O3/c1-2-3-4-5-6-17-31-22-13-7-19(8-14-22)18-26-28-24(30)16-15-23(29)27-21-11-9-20(25)10-12-21/h7-14,18H,2-6,15-17H2,1H3,(H,27,29)(H,28,30)/b26-18-. The van der Waals surface area contributed by atoms with E-state index in [-0.39, 0.29) is 24.7 Å². The van der Waals surface area contributed by atoms with Gasteiger partial charge in [0.25, 0.3) is 0 Å². The van der Waals surface area contributed by atoms with Crippen LogP contribution in [0, 0.1) is 0 Å². The highest BCUT2D eigenvalue weighted by molar-refractivity contribution is 9.10. The predicted octanol–water partition coefficient (Wildman–Crippen LogP) is 5.67. The molecule has 0 spiro atoms. The van der Waals surface area contributed by atoms with Crippen molar-refractivity contribution in [1.82, 2.24) is 5.43 Å². The second-order valence-corrected chi connectivity index (χ2v) is 8.10. The van der Waals surface area contributed by atoms with Crippen molar-refractivity contribution in [3.8, 4) is 5.75 Å². The molecule has 6 nitrogen and oxygen atoms in total. The number of hydrazone groups is 1. The molecule has 0 aromatic heterocycles. The van der Waals surface area contributed by atoms with Gasteiger partial charge in [-0.2, -0.15) is 5.10 Å². The summed E-state index contributed by atoms with van der Waals surface area (Å²) >= 11 is 3.34. The summed E-state index contributed by atoms with van der Waals surface area (Å²) < 4.78 is 6.67. The topological polar surface area (TPSA) is 79.8 Å². The van der Waals surface area contributed by atoms with Gasteiger partial charge in [0, 0.05) is 23.0 Å². The number of nitrogens with one attached hydrogen (secondary N) is 2. The number of hydrogen-bond donors (Lipinski definition) is 2. The van der Waals surface area contributed by atoms with Crippen molar-refractivity contribution in [2.24, 2.45) is 5.10 Å². The van der Waals surface area contributed by atoms with Crippen molar-refractivity contribution in [2.75, 3.05) is 11.9 Å². The average Bonchev–Trinajstić information content (AvgIpc) is 2.77. The Bertz CT molecular complexity index is 836. The first-order valence-electron chi connectivity index (χ1n) is 10.7. The Morgan fingerprint density at radius 3 is 2.32 bits per heavy atom. The summed E-state index contributed by atoms with van der Waals surface area (Å²) in [6.45, 7) is 2.93. The molecular formula is C24H30BrN3O3. The van der Waals surface area contributed by atoms with Crippen LogP contribution in [0.25, 0.3) is 0 Å². The molecule has 0 heterocycles. The molecule has 0 aliphatic rings. The number of halogens is 1. The molecular weight excluding hydrogens is 458 g/mol. The van der Waals surface area contributed by atoms with Crippen molar-refractivity contribution >= 4 is 39.6 Å². The van der Waals surface area contributed by atoms with E-state index < -0.39 is 0 Å². The highest BCUT2D eigenvalue weighted by atomic mass is 79.9.